The van der Waals surface area contributed by atoms with Crippen molar-refractivity contribution < 1.29 is 0 Å². The van der Waals surface area contributed by atoms with Crippen LogP contribution in [0.15, 0.2) is 24.3 Å². The zero-order chi connectivity index (χ0) is 13.4. The third-order valence-corrected chi connectivity index (χ3v) is 5.97. The largest absolute Gasteiger partial charge is 0.376 e. The lowest BCUT2D eigenvalue weighted by Crippen LogP contribution is -2.16. The van der Waals surface area contributed by atoms with Crippen molar-refractivity contribution in [3.8, 4) is 0 Å². The molecule has 1 N–H and O–H groups in total. The highest BCUT2D eigenvalue weighted by Crippen LogP contribution is 2.40. The molecule has 0 saturated heterocycles. The number of fused-ring (bicyclic) bond motifs is 1. The molecule has 0 amide bonds. The molecule has 0 spiro atoms. The van der Waals surface area contributed by atoms with Crippen molar-refractivity contribution in [3.63, 3.8) is 0 Å². The first kappa shape index (κ1) is 14.0. The van der Waals surface area contributed by atoms with Crippen LogP contribution in [0.4, 0.5) is 5.69 Å². The van der Waals surface area contributed by atoms with E-state index in [0.717, 1.165) is 12.1 Å². The van der Waals surface area contributed by atoms with Crippen LogP contribution in [0.2, 0.25) is 10.0 Å². The second-order valence-corrected chi connectivity index (χ2v) is 8.46. The molecule has 3 rings (SSSR count). The van der Waals surface area contributed by atoms with Gasteiger partial charge in [-0.1, -0.05) is 29.3 Å². The zero-order valence-corrected chi connectivity index (χ0v) is 14.5. The summed E-state index contributed by atoms with van der Waals surface area (Å²) in [5.41, 5.74) is 2.27. The number of anilines is 1. The molecule has 0 bridgehead atoms. The Labute approximate surface area is 140 Å². The van der Waals surface area contributed by atoms with Crippen molar-refractivity contribution in [1.82, 2.24) is 0 Å². The molecule has 5 heteroatoms. The third-order valence-electron chi connectivity index (χ3n) is 3.37. The summed E-state index contributed by atoms with van der Waals surface area (Å²) in [5, 5.41) is 4.90. The van der Waals surface area contributed by atoms with Crippen LogP contribution < -0.4 is 5.32 Å². The molecule has 0 saturated carbocycles. The number of para-hydroxylation sites is 1. The monoisotopic (exact) mass is 423 g/mol. The van der Waals surface area contributed by atoms with Crippen molar-refractivity contribution in [2.75, 3.05) is 5.32 Å². The van der Waals surface area contributed by atoms with Gasteiger partial charge in [0, 0.05) is 4.88 Å². The van der Waals surface area contributed by atoms with Gasteiger partial charge in [-0.15, -0.1) is 11.3 Å². The Morgan fingerprint density at radius 3 is 2.74 bits per heavy atom. The number of thiophene rings is 1. The quantitative estimate of drug-likeness (QED) is 0.571. The molecule has 1 aromatic heterocycles. The maximum atomic E-state index is 6.24. The summed E-state index contributed by atoms with van der Waals surface area (Å²) in [6.45, 7) is 0. The summed E-state index contributed by atoms with van der Waals surface area (Å²) >= 11 is 16.8. The van der Waals surface area contributed by atoms with Crippen LogP contribution in [-0.2, 0) is 6.42 Å². The van der Waals surface area contributed by atoms with Crippen molar-refractivity contribution in [1.29, 1.82) is 0 Å². The van der Waals surface area contributed by atoms with E-state index in [1.54, 1.807) is 0 Å². The van der Waals surface area contributed by atoms with Crippen LogP contribution in [-0.4, -0.2) is 0 Å². The Hall–Kier alpha value is 0.0300. The van der Waals surface area contributed by atoms with Crippen LogP contribution in [0.1, 0.15) is 29.3 Å². The number of aryl methyl sites for hydroxylation is 1. The SMILES string of the molecule is Clc1cccc(Cl)c1NC1CCCc2sc(I)cc21. The van der Waals surface area contributed by atoms with Crippen LogP contribution in [0, 0.1) is 2.88 Å². The third kappa shape index (κ3) is 2.89. The van der Waals surface area contributed by atoms with Crippen LogP contribution in [0.25, 0.3) is 0 Å². The van der Waals surface area contributed by atoms with Gasteiger partial charge in [-0.3, -0.25) is 0 Å². The second-order valence-electron chi connectivity index (χ2n) is 4.61. The van der Waals surface area contributed by atoms with Crippen molar-refractivity contribution >= 4 is 62.8 Å². The van der Waals surface area contributed by atoms with Crippen molar-refractivity contribution in [2.24, 2.45) is 0 Å². The molecule has 0 aliphatic heterocycles. The summed E-state index contributed by atoms with van der Waals surface area (Å²) in [7, 11) is 0. The zero-order valence-electron chi connectivity index (χ0n) is 10.1. The minimum absolute atomic E-state index is 0.320. The molecule has 1 unspecified atom stereocenters. The first-order chi connectivity index (χ1) is 9.15. The lowest BCUT2D eigenvalue weighted by atomic mass is 9.94. The summed E-state index contributed by atoms with van der Waals surface area (Å²) in [6, 6.07) is 8.21. The van der Waals surface area contributed by atoms with Gasteiger partial charge in [0.15, 0.2) is 0 Å². The number of hydrogen-bond donors (Lipinski definition) is 1. The van der Waals surface area contributed by atoms with Crippen LogP contribution in [0.3, 0.4) is 0 Å². The van der Waals surface area contributed by atoms with E-state index in [2.05, 4.69) is 34.0 Å². The van der Waals surface area contributed by atoms with Gasteiger partial charge in [0.2, 0.25) is 0 Å². The Balaban J connectivity index is 1.92. The average Bonchev–Trinajstić information content (AvgIpc) is 2.75. The molecule has 1 atom stereocenters. The van der Waals surface area contributed by atoms with Gasteiger partial charge in [0.05, 0.1) is 24.7 Å². The Morgan fingerprint density at radius 1 is 1.26 bits per heavy atom. The maximum absolute atomic E-state index is 6.24. The van der Waals surface area contributed by atoms with Gasteiger partial charge in [-0.05, 0) is 65.6 Å². The minimum atomic E-state index is 0.320. The Morgan fingerprint density at radius 2 is 2.00 bits per heavy atom. The van der Waals surface area contributed by atoms with Crippen molar-refractivity contribution in [3.05, 3.63) is 47.6 Å². The topological polar surface area (TPSA) is 12.0 Å². The molecule has 100 valence electrons. The number of nitrogens with one attached hydrogen (secondary N) is 1. The summed E-state index contributed by atoms with van der Waals surface area (Å²) in [4.78, 5) is 1.50. The lowest BCUT2D eigenvalue weighted by Gasteiger charge is -2.25. The van der Waals surface area contributed by atoms with Gasteiger partial charge >= 0.3 is 0 Å². The molecule has 1 heterocycles. The number of hydrogen-bond acceptors (Lipinski definition) is 2. The van der Waals surface area contributed by atoms with E-state index in [9.17, 15) is 0 Å². The second kappa shape index (κ2) is 5.80. The number of rotatable bonds is 2. The first-order valence-electron chi connectivity index (χ1n) is 6.14. The molecule has 19 heavy (non-hydrogen) atoms. The molecule has 1 aliphatic carbocycles. The van der Waals surface area contributed by atoms with E-state index in [0.29, 0.717) is 16.1 Å². The minimum Gasteiger partial charge on any atom is -0.376 e. The van der Waals surface area contributed by atoms with E-state index >= 15 is 0 Å². The fourth-order valence-electron chi connectivity index (χ4n) is 2.48. The van der Waals surface area contributed by atoms with Gasteiger partial charge in [-0.2, -0.15) is 0 Å². The van der Waals surface area contributed by atoms with E-state index in [-0.39, 0.29) is 0 Å². The highest BCUT2D eigenvalue weighted by molar-refractivity contribution is 14.1. The molecule has 2 aromatic rings. The Kier molecular flexibility index (Phi) is 4.27. The maximum Gasteiger partial charge on any atom is 0.0723 e. The molecule has 1 aromatic carbocycles. The van der Waals surface area contributed by atoms with Gasteiger partial charge in [0.25, 0.3) is 0 Å². The van der Waals surface area contributed by atoms with E-state index in [1.807, 2.05) is 29.5 Å². The van der Waals surface area contributed by atoms with E-state index in [4.69, 9.17) is 23.2 Å². The predicted octanol–water partition coefficient (Wildman–Crippen LogP) is 6.15. The molecule has 0 radical (unpaired) electrons. The molecular weight excluding hydrogens is 412 g/mol. The molecule has 1 aliphatic rings. The van der Waals surface area contributed by atoms with E-state index in [1.165, 1.54) is 26.2 Å². The first-order valence-corrected chi connectivity index (χ1v) is 8.79. The summed E-state index contributed by atoms with van der Waals surface area (Å²) in [5.74, 6) is 0. The molecule has 0 fully saturated rings. The average molecular weight is 424 g/mol. The Bertz CT molecular complexity index is 591. The number of benzene rings is 1. The van der Waals surface area contributed by atoms with Gasteiger partial charge < -0.3 is 5.32 Å². The van der Waals surface area contributed by atoms with Crippen LogP contribution in [0.5, 0.6) is 0 Å². The normalized spacial score (nSPS) is 18.2. The molecular formula is C14H12Cl2INS. The smallest absolute Gasteiger partial charge is 0.0723 e. The summed E-state index contributed by atoms with van der Waals surface area (Å²) < 4.78 is 1.35. The standard InChI is InChI=1S/C14H12Cl2INS/c15-9-3-1-4-10(16)14(9)18-11-5-2-6-12-8(11)7-13(17)19-12/h1,3-4,7,11,18H,2,5-6H2. The summed E-state index contributed by atoms with van der Waals surface area (Å²) in [6.07, 6.45) is 3.53. The number of halogens is 3. The lowest BCUT2D eigenvalue weighted by molar-refractivity contribution is 0.609. The predicted molar refractivity (Wildman–Crippen MR) is 92.8 cm³/mol. The molecule has 1 nitrogen and oxygen atoms in total. The van der Waals surface area contributed by atoms with Gasteiger partial charge in [0.1, 0.15) is 0 Å². The van der Waals surface area contributed by atoms with Crippen LogP contribution >= 0.6 is 57.1 Å². The highest BCUT2D eigenvalue weighted by Gasteiger charge is 2.23. The van der Waals surface area contributed by atoms with Crippen molar-refractivity contribution in [2.45, 2.75) is 25.3 Å². The van der Waals surface area contributed by atoms with E-state index < -0.39 is 0 Å². The highest BCUT2D eigenvalue weighted by atomic mass is 127. The fraction of sp³-hybridized carbons (Fsp3) is 0.286. The van der Waals surface area contributed by atoms with Gasteiger partial charge in [-0.25, -0.2) is 0 Å². The fourth-order valence-corrected chi connectivity index (χ4v) is 5.11.